The summed E-state index contributed by atoms with van der Waals surface area (Å²) in [5.41, 5.74) is 4.45. The molecule has 2 aromatic carbocycles. The summed E-state index contributed by atoms with van der Waals surface area (Å²) in [5.74, 6) is 0. The molecule has 4 heteroatoms. The number of aryl methyl sites for hydroxylation is 1. The molecule has 2 amide bonds. The van der Waals surface area contributed by atoms with Crippen LogP contribution in [0.4, 0.5) is 16.2 Å². The molecule has 2 aromatic rings. The smallest absolute Gasteiger partial charge is 0.319 e. The first kappa shape index (κ1) is 17.9. The highest BCUT2D eigenvalue weighted by Crippen LogP contribution is 2.17. The van der Waals surface area contributed by atoms with Crippen molar-refractivity contribution in [1.29, 1.82) is 0 Å². The molecule has 128 valence electrons. The average molecular weight is 325 g/mol. The van der Waals surface area contributed by atoms with E-state index < -0.39 is 0 Å². The van der Waals surface area contributed by atoms with Crippen LogP contribution in [0.15, 0.2) is 48.5 Å². The number of carbonyl (C=O) groups is 1. The van der Waals surface area contributed by atoms with Crippen molar-refractivity contribution in [3.8, 4) is 0 Å². The second-order valence-corrected chi connectivity index (χ2v) is 5.84. The molecule has 0 aliphatic rings. The summed E-state index contributed by atoms with van der Waals surface area (Å²) in [6.45, 7) is 8.92. The number of amides is 2. The van der Waals surface area contributed by atoms with E-state index in [1.54, 1.807) is 0 Å². The van der Waals surface area contributed by atoms with Gasteiger partial charge in [-0.2, -0.15) is 0 Å². The van der Waals surface area contributed by atoms with Gasteiger partial charge in [-0.15, -0.1) is 0 Å². The number of anilines is 2. The summed E-state index contributed by atoms with van der Waals surface area (Å²) in [7, 11) is 0. The summed E-state index contributed by atoms with van der Waals surface area (Å²) >= 11 is 0. The van der Waals surface area contributed by atoms with Crippen LogP contribution in [-0.4, -0.2) is 25.7 Å². The van der Waals surface area contributed by atoms with Gasteiger partial charge in [-0.1, -0.05) is 29.8 Å². The minimum Gasteiger partial charge on any atom is -0.372 e. The lowest BCUT2D eigenvalue weighted by Gasteiger charge is -2.21. The third-order valence-corrected chi connectivity index (χ3v) is 4.04. The van der Waals surface area contributed by atoms with E-state index in [0.29, 0.717) is 6.54 Å². The van der Waals surface area contributed by atoms with E-state index in [1.165, 1.54) is 16.8 Å². The minimum absolute atomic E-state index is 0.168. The molecule has 2 rings (SSSR count). The quantitative estimate of drug-likeness (QED) is 0.801. The molecule has 0 aliphatic heterocycles. The number of nitrogens with one attached hydrogen (secondary N) is 2. The number of hydrogen-bond acceptors (Lipinski definition) is 2. The van der Waals surface area contributed by atoms with Gasteiger partial charge in [0.15, 0.2) is 0 Å². The highest BCUT2D eigenvalue weighted by molar-refractivity contribution is 5.89. The Morgan fingerprint density at radius 3 is 2.38 bits per heavy atom. The van der Waals surface area contributed by atoms with E-state index in [9.17, 15) is 4.79 Å². The van der Waals surface area contributed by atoms with Crippen molar-refractivity contribution in [2.45, 2.75) is 27.2 Å². The van der Waals surface area contributed by atoms with Crippen molar-refractivity contribution in [2.24, 2.45) is 0 Å². The lowest BCUT2D eigenvalue weighted by atomic mass is 10.1. The fourth-order valence-corrected chi connectivity index (χ4v) is 2.71. The van der Waals surface area contributed by atoms with Crippen LogP contribution in [0, 0.1) is 6.92 Å². The molecule has 0 bridgehead atoms. The first-order chi connectivity index (χ1) is 11.6. The number of hydrogen-bond donors (Lipinski definition) is 2. The van der Waals surface area contributed by atoms with E-state index in [0.717, 1.165) is 25.2 Å². The van der Waals surface area contributed by atoms with Crippen LogP contribution >= 0.6 is 0 Å². The molecule has 4 nitrogen and oxygen atoms in total. The minimum atomic E-state index is -0.168. The van der Waals surface area contributed by atoms with Gasteiger partial charge < -0.3 is 15.5 Å². The molecule has 24 heavy (non-hydrogen) atoms. The molecule has 0 saturated heterocycles. The number of nitrogens with zero attached hydrogens (tertiary/aromatic N) is 1. The van der Waals surface area contributed by atoms with Crippen LogP contribution < -0.4 is 15.5 Å². The van der Waals surface area contributed by atoms with Crippen molar-refractivity contribution in [2.75, 3.05) is 29.9 Å². The first-order valence-corrected chi connectivity index (χ1v) is 8.57. The second kappa shape index (κ2) is 8.96. The first-order valence-electron chi connectivity index (χ1n) is 8.57. The zero-order valence-corrected chi connectivity index (χ0v) is 14.8. The molecule has 0 unspecified atom stereocenters. The monoisotopic (exact) mass is 325 g/mol. The van der Waals surface area contributed by atoms with Gasteiger partial charge in [0.25, 0.3) is 0 Å². The van der Waals surface area contributed by atoms with E-state index in [2.05, 4.69) is 54.5 Å². The van der Waals surface area contributed by atoms with Gasteiger partial charge in [-0.25, -0.2) is 4.79 Å². The van der Waals surface area contributed by atoms with Crippen LogP contribution in [0.3, 0.4) is 0 Å². The maximum atomic E-state index is 12.0. The van der Waals surface area contributed by atoms with Crippen molar-refractivity contribution in [3.63, 3.8) is 0 Å². The van der Waals surface area contributed by atoms with Crippen LogP contribution in [0.25, 0.3) is 0 Å². The molecule has 0 fully saturated rings. The number of rotatable bonds is 7. The normalized spacial score (nSPS) is 10.3. The van der Waals surface area contributed by atoms with Crippen molar-refractivity contribution >= 4 is 17.4 Å². The van der Waals surface area contributed by atoms with Crippen molar-refractivity contribution in [1.82, 2.24) is 5.32 Å². The van der Waals surface area contributed by atoms with Gasteiger partial charge in [-0.3, -0.25) is 0 Å². The van der Waals surface area contributed by atoms with E-state index >= 15 is 0 Å². The predicted octanol–water partition coefficient (Wildman–Crippen LogP) is 4.21. The number of urea groups is 1. The van der Waals surface area contributed by atoms with Gasteiger partial charge >= 0.3 is 6.03 Å². The van der Waals surface area contributed by atoms with E-state index in [4.69, 9.17) is 0 Å². The Hall–Kier alpha value is -2.49. The van der Waals surface area contributed by atoms with Crippen LogP contribution in [0.1, 0.15) is 25.0 Å². The summed E-state index contributed by atoms with van der Waals surface area (Å²) in [4.78, 5) is 14.2. The van der Waals surface area contributed by atoms with Gasteiger partial charge in [-0.05, 0) is 57.0 Å². The van der Waals surface area contributed by atoms with Gasteiger partial charge in [0.1, 0.15) is 0 Å². The fourth-order valence-electron chi connectivity index (χ4n) is 2.71. The standard InChI is InChI=1S/C20H27N3O/c1-4-23(5-2)19-11-9-18(10-12-19)22-20(24)21-14-13-17-8-6-7-16(3)15-17/h6-12,15H,4-5,13-14H2,1-3H3,(H2,21,22,24). The molecular weight excluding hydrogens is 298 g/mol. The summed E-state index contributed by atoms with van der Waals surface area (Å²) < 4.78 is 0. The van der Waals surface area contributed by atoms with Crippen molar-refractivity contribution < 1.29 is 4.79 Å². The predicted molar refractivity (Wildman–Crippen MR) is 102 cm³/mol. The second-order valence-electron chi connectivity index (χ2n) is 5.84. The van der Waals surface area contributed by atoms with Gasteiger partial charge in [0, 0.05) is 31.0 Å². The molecule has 0 aliphatic carbocycles. The van der Waals surface area contributed by atoms with Crippen LogP contribution in [0.5, 0.6) is 0 Å². The average Bonchev–Trinajstić information content (AvgIpc) is 2.57. The Balaban J connectivity index is 1.79. The topological polar surface area (TPSA) is 44.4 Å². The maximum Gasteiger partial charge on any atom is 0.319 e. The van der Waals surface area contributed by atoms with Crippen LogP contribution in [-0.2, 0) is 6.42 Å². The molecule has 0 saturated carbocycles. The molecule has 2 N–H and O–H groups in total. The number of benzene rings is 2. The Labute approximate surface area is 144 Å². The molecule has 0 aromatic heterocycles. The fraction of sp³-hybridized carbons (Fsp3) is 0.350. The molecule has 0 radical (unpaired) electrons. The lowest BCUT2D eigenvalue weighted by molar-refractivity contribution is 0.252. The highest BCUT2D eigenvalue weighted by Gasteiger charge is 2.04. The molecule has 0 heterocycles. The van der Waals surface area contributed by atoms with Gasteiger partial charge in [0.05, 0.1) is 0 Å². The summed E-state index contributed by atoms with van der Waals surface area (Å²) in [5, 5.41) is 5.77. The number of carbonyl (C=O) groups excluding carboxylic acids is 1. The highest BCUT2D eigenvalue weighted by atomic mass is 16.2. The van der Waals surface area contributed by atoms with Crippen molar-refractivity contribution in [3.05, 3.63) is 59.7 Å². The lowest BCUT2D eigenvalue weighted by Crippen LogP contribution is -2.30. The zero-order valence-electron chi connectivity index (χ0n) is 14.8. The largest absolute Gasteiger partial charge is 0.372 e. The SMILES string of the molecule is CCN(CC)c1ccc(NC(=O)NCCc2cccc(C)c2)cc1. The Morgan fingerprint density at radius 1 is 1.04 bits per heavy atom. The Morgan fingerprint density at radius 2 is 1.75 bits per heavy atom. The zero-order chi connectivity index (χ0) is 17.4. The summed E-state index contributed by atoms with van der Waals surface area (Å²) in [6.07, 6.45) is 0.829. The Kier molecular flexibility index (Phi) is 6.67. The van der Waals surface area contributed by atoms with Crippen LogP contribution in [0.2, 0.25) is 0 Å². The summed E-state index contributed by atoms with van der Waals surface area (Å²) in [6, 6.07) is 16.1. The third-order valence-electron chi connectivity index (χ3n) is 4.04. The molecular formula is C20H27N3O. The maximum absolute atomic E-state index is 12.0. The molecule has 0 spiro atoms. The molecule has 0 atom stereocenters. The third kappa shape index (κ3) is 5.30. The van der Waals surface area contributed by atoms with E-state index in [-0.39, 0.29) is 6.03 Å². The Bertz CT molecular complexity index is 648. The van der Waals surface area contributed by atoms with E-state index in [1.807, 2.05) is 30.3 Å². The van der Waals surface area contributed by atoms with Gasteiger partial charge in [0.2, 0.25) is 0 Å².